The first-order valence-electron chi connectivity index (χ1n) is 8.94. The maximum Gasteiger partial charge on any atom is 0.150 e. The number of nitrogens with one attached hydrogen (secondary N) is 1. The van der Waals surface area contributed by atoms with Crippen LogP contribution >= 0.6 is 0 Å². The molecule has 1 heterocycles. The number of rotatable bonds is 5. The number of hydrogen-bond acceptors (Lipinski definition) is 3. The molecule has 1 aliphatic rings. The smallest absolute Gasteiger partial charge is 0.150 e. The Morgan fingerprint density at radius 2 is 1.41 bits per heavy atom. The van der Waals surface area contributed by atoms with E-state index in [-0.39, 0.29) is 6.04 Å². The van der Waals surface area contributed by atoms with Crippen molar-refractivity contribution in [1.29, 1.82) is 0 Å². The highest BCUT2D eigenvalue weighted by Gasteiger charge is 2.25. The molecule has 132 valence electrons. The van der Waals surface area contributed by atoms with Gasteiger partial charge in [0, 0.05) is 5.56 Å². The third-order valence-electron chi connectivity index (χ3n) is 4.57. The molecule has 0 saturated heterocycles. The summed E-state index contributed by atoms with van der Waals surface area (Å²) in [6.45, 7) is 0. The Labute approximate surface area is 159 Å². The van der Waals surface area contributed by atoms with Crippen LogP contribution in [0, 0.1) is 0 Å². The van der Waals surface area contributed by atoms with E-state index in [4.69, 9.17) is 0 Å². The van der Waals surface area contributed by atoms with Crippen LogP contribution in [-0.2, 0) is 0 Å². The lowest BCUT2D eigenvalue weighted by atomic mass is 10.1. The largest absolute Gasteiger partial charge is 0.298 e. The number of carbonyl (C=O) groups excluding carboxylic acids is 1. The number of nitrogens with zero attached hydrogens (tertiary/aromatic N) is 1. The molecule has 0 radical (unpaired) electrons. The van der Waals surface area contributed by atoms with Crippen LogP contribution in [0.4, 0.5) is 5.69 Å². The average molecular weight is 352 g/mol. The number of aldehydes is 1. The van der Waals surface area contributed by atoms with E-state index in [1.165, 1.54) is 5.56 Å². The van der Waals surface area contributed by atoms with Gasteiger partial charge in [-0.05, 0) is 47.5 Å². The Morgan fingerprint density at radius 3 is 2.07 bits per heavy atom. The van der Waals surface area contributed by atoms with Crippen LogP contribution in [0.2, 0.25) is 0 Å². The molecule has 27 heavy (non-hydrogen) atoms. The summed E-state index contributed by atoms with van der Waals surface area (Å²) >= 11 is 0. The second-order valence-electron chi connectivity index (χ2n) is 6.41. The quantitative estimate of drug-likeness (QED) is 0.644. The van der Waals surface area contributed by atoms with Crippen LogP contribution < -0.4 is 10.4 Å². The van der Waals surface area contributed by atoms with E-state index in [9.17, 15) is 4.79 Å². The normalized spacial score (nSPS) is 16.2. The molecule has 0 fully saturated rings. The fraction of sp³-hybridized carbons (Fsp3) is 0.0417. The third kappa shape index (κ3) is 3.82. The van der Waals surface area contributed by atoms with E-state index in [0.29, 0.717) is 5.56 Å². The average Bonchev–Trinajstić information content (AvgIpc) is 3.18. The summed E-state index contributed by atoms with van der Waals surface area (Å²) in [7, 11) is 0. The minimum Gasteiger partial charge on any atom is -0.298 e. The molecule has 0 aromatic heterocycles. The molecule has 0 spiro atoms. The van der Waals surface area contributed by atoms with Crippen molar-refractivity contribution in [1.82, 2.24) is 5.43 Å². The molecule has 0 bridgehead atoms. The predicted molar refractivity (Wildman–Crippen MR) is 110 cm³/mol. The lowest BCUT2D eigenvalue weighted by Gasteiger charge is -2.27. The zero-order valence-electron chi connectivity index (χ0n) is 14.8. The lowest BCUT2D eigenvalue weighted by Crippen LogP contribution is -2.34. The number of anilines is 1. The standard InChI is InChI=1S/C24H20N2O/c27-18-20-12-15-23(16-13-20)26-24(21-9-5-2-6-10-21)17-22(25-26)14-11-19-7-3-1-4-8-19/h1-18,24-25H/t24-/m1/s1. The zero-order chi connectivity index (χ0) is 18.5. The topological polar surface area (TPSA) is 32.3 Å². The van der Waals surface area contributed by atoms with Crippen molar-refractivity contribution < 1.29 is 4.79 Å². The van der Waals surface area contributed by atoms with Crippen LogP contribution in [0.1, 0.15) is 27.5 Å². The van der Waals surface area contributed by atoms with Crippen molar-refractivity contribution >= 4 is 18.0 Å². The van der Waals surface area contributed by atoms with E-state index in [1.54, 1.807) is 0 Å². The molecule has 3 nitrogen and oxygen atoms in total. The van der Waals surface area contributed by atoms with Gasteiger partial charge in [-0.1, -0.05) is 66.7 Å². The highest BCUT2D eigenvalue weighted by atomic mass is 16.1. The van der Waals surface area contributed by atoms with E-state index >= 15 is 0 Å². The number of hydrazine groups is 1. The predicted octanol–water partition coefficient (Wildman–Crippen LogP) is 5.16. The van der Waals surface area contributed by atoms with Crippen molar-refractivity contribution in [2.45, 2.75) is 6.04 Å². The van der Waals surface area contributed by atoms with E-state index in [0.717, 1.165) is 23.2 Å². The van der Waals surface area contributed by atoms with Gasteiger partial charge in [0.25, 0.3) is 0 Å². The van der Waals surface area contributed by atoms with Crippen molar-refractivity contribution in [3.05, 3.63) is 119 Å². The van der Waals surface area contributed by atoms with Crippen LogP contribution in [-0.4, -0.2) is 6.29 Å². The summed E-state index contributed by atoms with van der Waals surface area (Å²) in [5, 5.41) is 2.12. The molecular weight excluding hydrogens is 332 g/mol. The first kappa shape index (κ1) is 16.9. The summed E-state index contributed by atoms with van der Waals surface area (Å²) in [6, 6.07) is 28.3. The molecule has 3 aromatic carbocycles. The number of hydrogen-bond donors (Lipinski definition) is 1. The Kier molecular flexibility index (Phi) is 4.84. The lowest BCUT2D eigenvalue weighted by molar-refractivity contribution is 0.112. The van der Waals surface area contributed by atoms with Gasteiger partial charge >= 0.3 is 0 Å². The van der Waals surface area contributed by atoms with Gasteiger partial charge in [-0.2, -0.15) is 0 Å². The van der Waals surface area contributed by atoms with Crippen LogP contribution in [0.15, 0.2) is 103 Å². The van der Waals surface area contributed by atoms with E-state index < -0.39 is 0 Å². The minimum absolute atomic E-state index is 0.0729. The molecule has 0 saturated carbocycles. The van der Waals surface area contributed by atoms with Gasteiger partial charge in [0.15, 0.2) is 0 Å². The summed E-state index contributed by atoms with van der Waals surface area (Å²) < 4.78 is 0. The summed E-state index contributed by atoms with van der Waals surface area (Å²) in [5.74, 6) is 0. The molecule has 3 heteroatoms. The number of benzene rings is 3. The van der Waals surface area contributed by atoms with Gasteiger partial charge in [-0.3, -0.25) is 15.2 Å². The van der Waals surface area contributed by atoms with Gasteiger partial charge < -0.3 is 0 Å². The van der Waals surface area contributed by atoms with Gasteiger partial charge in [0.2, 0.25) is 0 Å². The zero-order valence-corrected chi connectivity index (χ0v) is 14.8. The first-order valence-corrected chi connectivity index (χ1v) is 8.94. The van der Waals surface area contributed by atoms with Crippen molar-refractivity contribution in [3.8, 4) is 0 Å². The Bertz CT molecular complexity index is 960. The Balaban J connectivity index is 1.64. The highest BCUT2D eigenvalue weighted by molar-refractivity contribution is 5.76. The molecular formula is C24H20N2O. The Morgan fingerprint density at radius 1 is 0.741 bits per heavy atom. The monoisotopic (exact) mass is 352 g/mol. The van der Waals surface area contributed by atoms with Gasteiger partial charge in [0.05, 0.1) is 17.4 Å². The summed E-state index contributed by atoms with van der Waals surface area (Å²) in [5.41, 5.74) is 8.56. The van der Waals surface area contributed by atoms with Gasteiger partial charge in [-0.25, -0.2) is 0 Å². The van der Waals surface area contributed by atoms with Gasteiger partial charge in [-0.15, -0.1) is 0 Å². The molecule has 3 aromatic rings. The molecule has 1 atom stereocenters. The second-order valence-corrected chi connectivity index (χ2v) is 6.41. The molecule has 0 unspecified atom stereocenters. The summed E-state index contributed by atoms with van der Waals surface area (Å²) in [6.07, 6.45) is 7.26. The number of carbonyl (C=O) groups is 1. The second kappa shape index (κ2) is 7.75. The fourth-order valence-electron chi connectivity index (χ4n) is 3.17. The summed E-state index contributed by atoms with van der Waals surface area (Å²) in [4.78, 5) is 10.9. The van der Waals surface area contributed by atoms with Crippen LogP contribution in [0.3, 0.4) is 0 Å². The van der Waals surface area contributed by atoms with Crippen molar-refractivity contribution in [2.24, 2.45) is 0 Å². The maximum atomic E-state index is 10.9. The molecule has 4 rings (SSSR count). The van der Waals surface area contributed by atoms with Crippen LogP contribution in [0.25, 0.3) is 6.08 Å². The molecule has 0 amide bonds. The molecule has 1 N–H and O–H groups in total. The molecule has 0 aliphatic carbocycles. The van der Waals surface area contributed by atoms with E-state index in [1.807, 2.05) is 48.5 Å². The Hall–Kier alpha value is -3.59. The first-order chi connectivity index (χ1) is 13.3. The van der Waals surface area contributed by atoms with E-state index in [2.05, 4.69) is 65.1 Å². The fourth-order valence-corrected chi connectivity index (χ4v) is 3.17. The third-order valence-corrected chi connectivity index (χ3v) is 4.57. The highest BCUT2D eigenvalue weighted by Crippen LogP contribution is 2.32. The van der Waals surface area contributed by atoms with Crippen molar-refractivity contribution in [2.75, 3.05) is 5.01 Å². The van der Waals surface area contributed by atoms with Crippen molar-refractivity contribution in [3.63, 3.8) is 0 Å². The number of allylic oxidation sites excluding steroid dienone is 1. The van der Waals surface area contributed by atoms with Gasteiger partial charge in [0.1, 0.15) is 6.29 Å². The van der Waals surface area contributed by atoms with Crippen LogP contribution in [0.5, 0.6) is 0 Å². The maximum absolute atomic E-state index is 10.9. The minimum atomic E-state index is 0.0729. The molecule has 1 aliphatic heterocycles. The SMILES string of the molecule is O=Cc1ccc(N2NC(C=Cc3ccccc3)=C[C@@H]2c2ccccc2)cc1.